The summed E-state index contributed by atoms with van der Waals surface area (Å²) in [6.45, 7) is 2.06. The molecule has 0 unspecified atom stereocenters. The number of rotatable bonds is 4. The van der Waals surface area contributed by atoms with Crippen molar-refractivity contribution in [1.82, 2.24) is 30.1 Å². The molecular formula is C13H15F5N6O2. The lowest BCUT2D eigenvalue weighted by atomic mass is 10.0. The van der Waals surface area contributed by atoms with Gasteiger partial charge in [-0.15, -0.1) is 5.10 Å². The van der Waals surface area contributed by atoms with E-state index in [1.165, 1.54) is 4.68 Å². The van der Waals surface area contributed by atoms with Crippen LogP contribution in [-0.4, -0.2) is 55.1 Å². The van der Waals surface area contributed by atoms with Gasteiger partial charge in [0.15, 0.2) is 0 Å². The molecule has 144 valence electrons. The van der Waals surface area contributed by atoms with E-state index in [4.69, 9.17) is 9.90 Å². The summed E-state index contributed by atoms with van der Waals surface area (Å²) in [5, 5.41) is 22.1. The molecule has 0 bridgehead atoms. The average molecular weight is 382 g/mol. The van der Waals surface area contributed by atoms with Crippen LogP contribution in [0.2, 0.25) is 0 Å². The molecule has 0 saturated carbocycles. The SMILES string of the molecule is Cn1cc(Cn2cc(C3CNC3)nn2)c(C(F)F)n1.O=C(O)C(F)(F)F. The molecule has 3 heterocycles. The van der Waals surface area contributed by atoms with Crippen molar-refractivity contribution in [2.24, 2.45) is 7.05 Å². The third-order valence-corrected chi connectivity index (χ3v) is 3.47. The number of aromatic nitrogens is 5. The van der Waals surface area contributed by atoms with Crippen LogP contribution in [0.15, 0.2) is 12.4 Å². The number of aryl methyl sites for hydroxylation is 1. The largest absolute Gasteiger partial charge is 0.490 e. The maximum absolute atomic E-state index is 12.8. The second kappa shape index (κ2) is 7.76. The van der Waals surface area contributed by atoms with Crippen LogP contribution in [0.25, 0.3) is 0 Å². The highest BCUT2D eigenvalue weighted by molar-refractivity contribution is 5.73. The van der Waals surface area contributed by atoms with Crippen molar-refractivity contribution in [3.8, 4) is 0 Å². The number of alkyl halides is 5. The van der Waals surface area contributed by atoms with Crippen LogP contribution < -0.4 is 5.32 Å². The lowest BCUT2D eigenvalue weighted by Crippen LogP contribution is -2.40. The van der Waals surface area contributed by atoms with Crippen LogP contribution in [0, 0.1) is 0 Å². The quantitative estimate of drug-likeness (QED) is 0.774. The molecule has 0 atom stereocenters. The Morgan fingerprint density at radius 1 is 1.38 bits per heavy atom. The van der Waals surface area contributed by atoms with Crippen LogP contribution >= 0.6 is 0 Å². The highest BCUT2D eigenvalue weighted by atomic mass is 19.4. The second-order valence-corrected chi connectivity index (χ2v) is 5.51. The fourth-order valence-electron chi connectivity index (χ4n) is 2.11. The van der Waals surface area contributed by atoms with Gasteiger partial charge in [-0.2, -0.15) is 18.3 Å². The number of halogens is 5. The molecule has 0 amide bonds. The van der Waals surface area contributed by atoms with E-state index in [1.54, 1.807) is 17.9 Å². The second-order valence-electron chi connectivity index (χ2n) is 5.51. The Labute approximate surface area is 143 Å². The molecule has 26 heavy (non-hydrogen) atoms. The Bertz CT molecular complexity index is 753. The molecule has 0 aromatic carbocycles. The third kappa shape index (κ3) is 4.97. The predicted molar refractivity (Wildman–Crippen MR) is 76.6 cm³/mol. The topological polar surface area (TPSA) is 97.9 Å². The Balaban J connectivity index is 0.000000298. The first-order valence-electron chi connectivity index (χ1n) is 7.29. The minimum atomic E-state index is -5.08. The number of hydrogen-bond donors (Lipinski definition) is 2. The molecular weight excluding hydrogens is 367 g/mol. The highest BCUT2D eigenvalue weighted by Crippen LogP contribution is 2.22. The van der Waals surface area contributed by atoms with Crippen molar-refractivity contribution >= 4 is 5.97 Å². The van der Waals surface area contributed by atoms with Gasteiger partial charge in [0.1, 0.15) is 5.69 Å². The van der Waals surface area contributed by atoms with Gasteiger partial charge in [0.05, 0.1) is 12.2 Å². The molecule has 8 nitrogen and oxygen atoms in total. The van der Waals surface area contributed by atoms with E-state index in [1.807, 2.05) is 6.20 Å². The Morgan fingerprint density at radius 3 is 2.46 bits per heavy atom. The van der Waals surface area contributed by atoms with Crippen molar-refractivity contribution < 1.29 is 31.9 Å². The van der Waals surface area contributed by atoms with E-state index >= 15 is 0 Å². The van der Waals surface area contributed by atoms with Gasteiger partial charge >= 0.3 is 12.1 Å². The zero-order chi connectivity index (χ0) is 19.5. The van der Waals surface area contributed by atoms with Crippen molar-refractivity contribution in [1.29, 1.82) is 0 Å². The van der Waals surface area contributed by atoms with E-state index < -0.39 is 18.6 Å². The Morgan fingerprint density at radius 2 is 2.00 bits per heavy atom. The monoisotopic (exact) mass is 382 g/mol. The van der Waals surface area contributed by atoms with Crippen molar-refractivity contribution in [2.45, 2.75) is 25.1 Å². The highest BCUT2D eigenvalue weighted by Gasteiger charge is 2.38. The molecule has 2 N–H and O–H groups in total. The fourth-order valence-corrected chi connectivity index (χ4v) is 2.11. The zero-order valence-corrected chi connectivity index (χ0v) is 13.4. The molecule has 0 spiro atoms. The average Bonchev–Trinajstić information content (AvgIpc) is 3.04. The van der Waals surface area contributed by atoms with Gasteiger partial charge in [0.25, 0.3) is 6.43 Å². The van der Waals surface area contributed by atoms with Crippen LogP contribution in [0.5, 0.6) is 0 Å². The summed E-state index contributed by atoms with van der Waals surface area (Å²) in [5.74, 6) is -2.37. The summed E-state index contributed by atoms with van der Waals surface area (Å²) in [4.78, 5) is 8.90. The van der Waals surface area contributed by atoms with E-state index in [-0.39, 0.29) is 12.2 Å². The summed E-state index contributed by atoms with van der Waals surface area (Å²) in [6, 6.07) is 0. The number of aliphatic carboxylic acids is 1. The number of nitrogens with zero attached hydrogens (tertiary/aromatic N) is 5. The maximum Gasteiger partial charge on any atom is 0.490 e. The molecule has 2 aromatic heterocycles. The predicted octanol–water partition coefficient (Wildman–Crippen LogP) is 1.32. The molecule has 3 rings (SSSR count). The molecule has 1 aliphatic heterocycles. The zero-order valence-electron chi connectivity index (χ0n) is 13.4. The standard InChI is InChI=1S/C11H14F2N6.C2HF3O2/c1-18-4-8(10(16-18)11(12)13)5-19-6-9(15-17-19)7-2-14-3-7;3-2(4,5)1(6)7/h4,6-7,11,14H,2-3,5H2,1H3;(H,6,7). The van der Waals surface area contributed by atoms with E-state index in [0.29, 0.717) is 11.5 Å². The summed E-state index contributed by atoms with van der Waals surface area (Å²) >= 11 is 0. The lowest BCUT2D eigenvalue weighted by Gasteiger charge is -2.24. The number of nitrogens with one attached hydrogen (secondary N) is 1. The smallest absolute Gasteiger partial charge is 0.475 e. The number of hydrogen-bond acceptors (Lipinski definition) is 5. The van der Waals surface area contributed by atoms with Gasteiger partial charge in [0, 0.05) is 44.0 Å². The van der Waals surface area contributed by atoms with Gasteiger partial charge in [0.2, 0.25) is 0 Å². The van der Waals surface area contributed by atoms with Gasteiger partial charge in [-0.1, -0.05) is 5.21 Å². The summed E-state index contributed by atoms with van der Waals surface area (Å²) < 4.78 is 60.3. The minimum absolute atomic E-state index is 0.190. The van der Waals surface area contributed by atoms with Gasteiger partial charge < -0.3 is 10.4 Å². The van der Waals surface area contributed by atoms with Gasteiger partial charge in [-0.05, 0) is 0 Å². The van der Waals surface area contributed by atoms with Gasteiger partial charge in [-0.25, -0.2) is 18.3 Å². The van der Waals surface area contributed by atoms with Crippen LogP contribution in [0.4, 0.5) is 22.0 Å². The lowest BCUT2D eigenvalue weighted by molar-refractivity contribution is -0.192. The maximum atomic E-state index is 12.8. The first kappa shape index (κ1) is 19.8. The van der Waals surface area contributed by atoms with Crippen LogP contribution in [0.3, 0.4) is 0 Å². The van der Waals surface area contributed by atoms with E-state index in [9.17, 15) is 22.0 Å². The van der Waals surface area contributed by atoms with Crippen molar-refractivity contribution in [3.63, 3.8) is 0 Å². The number of carboxylic acids is 1. The normalized spacial score (nSPS) is 14.7. The third-order valence-electron chi connectivity index (χ3n) is 3.47. The molecule has 0 radical (unpaired) electrons. The molecule has 13 heteroatoms. The van der Waals surface area contributed by atoms with Crippen LogP contribution in [0.1, 0.15) is 29.3 Å². The number of carboxylic acid groups (broad SMARTS) is 1. The fraction of sp³-hybridized carbons (Fsp3) is 0.538. The molecule has 1 aliphatic rings. The summed E-state index contributed by atoms with van der Waals surface area (Å²) in [5.41, 5.74) is 1.19. The Kier molecular flexibility index (Phi) is 5.90. The molecule has 0 aliphatic carbocycles. The van der Waals surface area contributed by atoms with Crippen molar-refractivity contribution in [3.05, 3.63) is 29.3 Å². The first-order chi connectivity index (χ1) is 12.1. The van der Waals surface area contributed by atoms with Crippen LogP contribution in [-0.2, 0) is 18.4 Å². The molecule has 1 fully saturated rings. The number of carbonyl (C=O) groups is 1. The summed E-state index contributed by atoms with van der Waals surface area (Å²) in [7, 11) is 1.63. The minimum Gasteiger partial charge on any atom is -0.475 e. The van der Waals surface area contributed by atoms with E-state index in [0.717, 1.165) is 18.8 Å². The summed E-state index contributed by atoms with van der Waals surface area (Å²) in [6.07, 6.45) is -4.25. The van der Waals surface area contributed by atoms with Gasteiger partial charge in [-0.3, -0.25) is 4.68 Å². The molecule has 1 saturated heterocycles. The first-order valence-corrected chi connectivity index (χ1v) is 7.29. The van der Waals surface area contributed by atoms with E-state index in [2.05, 4.69) is 20.7 Å². The Hall–Kier alpha value is -2.57. The molecule has 2 aromatic rings. The van der Waals surface area contributed by atoms with Crippen molar-refractivity contribution in [2.75, 3.05) is 13.1 Å².